The van der Waals surface area contributed by atoms with Crippen LogP contribution in [0.5, 0.6) is 5.75 Å². The monoisotopic (exact) mass is 323 g/mol. The lowest BCUT2D eigenvalue weighted by Gasteiger charge is -2.11. The number of benzene rings is 2. The number of rotatable bonds is 5. The van der Waals surface area contributed by atoms with Gasteiger partial charge in [0.25, 0.3) is 5.56 Å². The molecule has 0 aliphatic carbocycles. The standard InChI is InChI=1S/C19H21N3O2/c1-13-10-18(23)21-19(20-13)16-5-4-15-12-17(7-6-14(15)11-16)24-9-8-22(2)3/h4-7,10-12H,8-9H2,1-3H3,(H,20,21,23). The second-order valence-electron chi connectivity index (χ2n) is 6.11. The number of likely N-dealkylation sites (N-methyl/N-ethyl adjacent to an activating group) is 1. The van der Waals surface area contributed by atoms with Gasteiger partial charge in [0.15, 0.2) is 0 Å². The van der Waals surface area contributed by atoms with Crippen molar-refractivity contribution in [1.82, 2.24) is 14.9 Å². The summed E-state index contributed by atoms with van der Waals surface area (Å²) in [5, 5.41) is 2.17. The molecule has 0 amide bonds. The molecule has 5 nitrogen and oxygen atoms in total. The molecule has 1 N–H and O–H groups in total. The minimum Gasteiger partial charge on any atom is -0.492 e. The van der Waals surface area contributed by atoms with Gasteiger partial charge in [-0.3, -0.25) is 4.79 Å². The first-order valence-electron chi connectivity index (χ1n) is 7.91. The zero-order valence-corrected chi connectivity index (χ0v) is 14.2. The zero-order valence-electron chi connectivity index (χ0n) is 14.2. The number of hydrogen-bond donors (Lipinski definition) is 1. The molecular weight excluding hydrogens is 302 g/mol. The van der Waals surface area contributed by atoms with Gasteiger partial charge < -0.3 is 14.6 Å². The predicted molar refractivity (Wildman–Crippen MR) is 96.6 cm³/mol. The minimum absolute atomic E-state index is 0.137. The van der Waals surface area contributed by atoms with E-state index >= 15 is 0 Å². The molecule has 1 heterocycles. The molecule has 3 rings (SSSR count). The molecule has 0 saturated heterocycles. The molecule has 2 aromatic carbocycles. The first-order chi connectivity index (χ1) is 11.5. The molecule has 0 bridgehead atoms. The summed E-state index contributed by atoms with van der Waals surface area (Å²) in [6, 6.07) is 13.5. The number of aromatic nitrogens is 2. The zero-order chi connectivity index (χ0) is 17.1. The SMILES string of the molecule is Cc1cc(=O)[nH]c(-c2ccc3cc(OCCN(C)C)ccc3c2)n1. The van der Waals surface area contributed by atoms with Gasteiger partial charge in [-0.25, -0.2) is 4.98 Å². The molecule has 3 aromatic rings. The van der Waals surface area contributed by atoms with Crippen molar-refractivity contribution in [3.05, 3.63) is 58.5 Å². The lowest BCUT2D eigenvalue weighted by molar-refractivity contribution is 0.261. The van der Waals surface area contributed by atoms with E-state index in [-0.39, 0.29) is 5.56 Å². The highest BCUT2D eigenvalue weighted by Crippen LogP contribution is 2.25. The lowest BCUT2D eigenvalue weighted by Crippen LogP contribution is -2.19. The summed E-state index contributed by atoms with van der Waals surface area (Å²) in [4.78, 5) is 20.9. The van der Waals surface area contributed by atoms with E-state index < -0.39 is 0 Å². The second kappa shape index (κ2) is 6.84. The Morgan fingerprint density at radius 3 is 2.58 bits per heavy atom. The number of nitrogens with one attached hydrogen (secondary N) is 1. The van der Waals surface area contributed by atoms with Gasteiger partial charge in [-0.2, -0.15) is 0 Å². The average Bonchev–Trinajstić information content (AvgIpc) is 2.53. The maximum Gasteiger partial charge on any atom is 0.251 e. The topological polar surface area (TPSA) is 58.2 Å². The summed E-state index contributed by atoms with van der Waals surface area (Å²) in [5.41, 5.74) is 1.46. The van der Waals surface area contributed by atoms with Crippen molar-refractivity contribution in [2.75, 3.05) is 27.2 Å². The Balaban J connectivity index is 1.88. The van der Waals surface area contributed by atoms with Crippen molar-refractivity contribution in [3.63, 3.8) is 0 Å². The second-order valence-corrected chi connectivity index (χ2v) is 6.11. The third-order valence-electron chi connectivity index (χ3n) is 3.76. The molecule has 0 unspecified atom stereocenters. The average molecular weight is 323 g/mol. The quantitative estimate of drug-likeness (QED) is 0.784. The van der Waals surface area contributed by atoms with E-state index in [4.69, 9.17) is 4.74 Å². The van der Waals surface area contributed by atoms with E-state index in [1.807, 2.05) is 57.4 Å². The van der Waals surface area contributed by atoms with Crippen molar-refractivity contribution < 1.29 is 4.74 Å². The molecule has 5 heteroatoms. The largest absolute Gasteiger partial charge is 0.492 e. The van der Waals surface area contributed by atoms with Gasteiger partial charge in [0.1, 0.15) is 18.2 Å². The molecule has 0 fully saturated rings. The number of H-pyrrole nitrogens is 1. The minimum atomic E-state index is -0.137. The van der Waals surface area contributed by atoms with E-state index in [9.17, 15) is 4.79 Å². The normalized spacial score (nSPS) is 11.2. The van der Waals surface area contributed by atoms with Crippen LogP contribution in [0.4, 0.5) is 0 Å². The summed E-state index contributed by atoms with van der Waals surface area (Å²) >= 11 is 0. The predicted octanol–water partition coefficient (Wildman–Crippen LogP) is 2.84. The first-order valence-corrected chi connectivity index (χ1v) is 7.91. The van der Waals surface area contributed by atoms with Crippen molar-refractivity contribution in [1.29, 1.82) is 0 Å². The Hall–Kier alpha value is -2.66. The van der Waals surface area contributed by atoms with Crippen LogP contribution in [0.3, 0.4) is 0 Å². The molecule has 0 saturated carbocycles. The number of nitrogens with zero attached hydrogens (tertiary/aromatic N) is 2. The van der Waals surface area contributed by atoms with Crippen LogP contribution in [0.1, 0.15) is 5.69 Å². The molecule has 1 aromatic heterocycles. The third kappa shape index (κ3) is 3.81. The summed E-state index contributed by atoms with van der Waals surface area (Å²) in [6.45, 7) is 3.35. The van der Waals surface area contributed by atoms with Crippen LogP contribution >= 0.6 is 0 Å². The highest BCUT2D eigenvalue weighted by Gasteiger charge is 2.05. The molecule has 0 aliphatic heterocycles. The molecule has 124 valence electrons. The van der Waals surface area contributed by atoms with E-state index in [1.54, 1.807) is 0 Å². The summed E-state index contributed by atoms with van der Waals surface area (Å²) in [5.74, 6) is 1.45. The highest BCUT2D eigenvalue weighted by atomic mass is 16.5. The van der Waals surface area contributed by atoms with Gasteiger partial charge in [0.2, 0.25) is 0 Å². The molecular formula is C19H21N3O2. The fourth-order valence-corrected chi connectivity index (χ4v) is 2.52. The van der Waals surface area contributed by atoms with Crippen LogP contribution in [0.25, 0.3) is 22.2 Å². The fourth-order valence-electron chi connectivity index (χ4n) is 2.52. The van der Waals surface area contributed by atoms with Gasteiger partial charge in [0, 0.05) is 23.9 Å². The van der Waals surface area contributed by atoms with Crippen molar-refractivity contribution in [2.45, 2.75) is 6.92 Å². The highest BCUT2D eigenvalue weighted by molar-refractivity contribution is 5.87. The fraction of sp³-hybridized carbons (Fsp3) is 0.263. The maximum atomic E-state index is 11.6. The Morgan fingerprint density at radius 2 is 1.83 bits per heavy atom. The number of ether oxygens (including phenoxy) is 1. The Bertz CT molecular complexity index is 916. The van der Waals surface area contributed by atoms with E-state index in [0.29, 0.717) is 18.1 Å². The van der Waals surface area contributed by atoms with Crippen LogP contribution in [-0.2, 0) is 0 Å². The Labute approximate surface area is 140 Å². The number of fused-ring (bicyclic) bond motifs is 1. The van der Waals surface area contributed by atoms with Crippen LogP contribution in [0, 0.1) is 6.92 Å². The molecule has 0 atom stereocenters. The number of aromatic amines is 1. The van der Waals surface area contributed by atoms with Crippen LogP contribution in [-0.4, -0.2) is 42.1 Å². The Kier molecular flexibility index (Phi) is 4.62. The summed E-state index contributed by atoms with van der Waals surface area (Å²) in [6.07, 6.45) is 0. The maximum absolute atomic E-state index is 11.6. The lowest BCUT2D eigenvalue weighted by atomic mass is 10.1. The summed E-state index contributed by atoms with van der Waals surface area (Å²) in [7, 11) is 4.05. The molecule has 0 aliphatic rings. The summed E-state index contributed by atoms with van der Waals surface area (Å²) < 4.78 is 5.77. The van der Waals surface area contributed by atoms with E-state index in [2.05, 4.69) is 14.9 Å². The van der Waals surface area contributed by atoms with Gasteiger partial charge in [-0.05, 0) is 50.0 Å². The van der Waals surface area contributed by atoms with E-state index in [0.717, 1.165) is 28.6 Å². The molecule has 0 radical (unpaired) electrons. The van der Waals surface area contributed by atoms with Gasteiger partial charge in [-0.15, -0.1) is 0 Å². The van der Waals surface area contributed by atoms with Gasteiger partial charge in [-0.1, -0.05) is 18.2 Å². The van der Waals surface area contributed by atoms with Crippen LogP contribution in [0.15, 0.2) is 47.3 Å². The first kappa shape index (κ1) is 16.2. The van der Waals surface area contributed by atoms with Crippen molar-refractivity contribution in [2.24, 2.45) is 0 Å². The Morgan fingerprint density at radius 1 is 1.08 bits per heavy atom. The van der Waals surface area contributed by atoms with Crippen molar-refractivity contribution >= 4 is 10.8 Å². The van der Waals surface area contributed by atoms with Gasteiger partial charge >= 0.3 is 0 Å². The van der Waals surface area contributed by atoms with E-state index in [1.165, 1.54) is 6.07 Å². The smallest absolute Gasteiger partial charge is 0.251 e. The number of aryl methyl sites for hydroxylation is 1. The molecule has 0 spiro atoms. The van der Waals surface area contributed by atoms with Gasteiger partial charge in [0.05, 0.1) is 0 Å². The van der Waals surface area contributed by atoms with Crippen LogP contribution < -0.4 is 10.3 Å². The van der Waals surface area contributed by atoms with Crippen molar-refractivity contribution in [3.8, 4) is 17.1 Å². The van der Waals surface area contributed by atoms with Crippen LogP contribution in [0.2, 0.25) is 0 Å². The number of hydrogen-bond acceptors (Lipinski definition) is 4. The molecule has 24 heavy (non-hydrogen) atoms. The third-order valence-corrected chi connectivity index (χ3v) is 3.76.